The summed E-state index contributed by atoms with van der Waals surface area (Å²) in [5.41, 5.74) is 0. The van der Waals surface area contributed by atoms with E-state index >= 15 is 0 Å². The van der Waals surface area contributed by atoms with Gasteiger partial charge in [-0.25, -0.2) is 0 Å². The molecule has 0 amide bonds. The quantitative estimate of drug-likeness (QED) is 0.594. The van der Waals surface area contributed by atoms with Gasteiger partial charge in [0.2, 0.25) is 0 Å². The van der Waals surface area contributed by atoms with Crippen LogP contribution in [0.2, 0.25) is 0 Å². The van der Waals surface area contributed by atoms with Crippen molar-refractivity contribution in [2.75, 3.05) is 12.3 Å². The Bertz CT molecular complexity index is 186. The van der Waals surface area contributed by atoms with Gasteiger partial charge >= 0.3 is 0 Å². The summed E-state index contributed by atoms with van der Waals surface area (Å²) in [7, 11) is 0. The van der Waals surface area contributed by atoms with E-state index in [9.17, 15) is 0 Å². The van der Waals surface area contributed by atoms with Crippen molar-refractivity contribution >= 4 is 11.8 Å². The largest absolute Gasteiger partial charge is 0.313 e. The van der Waals surface area contributed by atoms with Gasteiger partial charge in [-0.1, -0.05) is 67.2 Å². The maximum Gasteiger partial charge on any atom is 0.0160 e. The molecule has 0 aliphatic rings. The van der Waals surface area contributed by atoms with E-state index in [2.05, 4.69) is 58.6 Å². The third kappa shape index (κ3) is 10.3. The average Bonchev–Trinajstić information content (AvgIpc) is 2.30. The maximum atomic E-state index is 3.68. The molecular formula is C16H35NS. The molecule has 0 aromatic carbocycles. The van der Waals surface area contributed by atoms with Gasteiger partial charge in [-0.2, -0.15) is 11.8 Å². The molecular weight excluding hydrogens is 238 g/mol. The van der Waals surface area contributed by atoms with Crippen molar-refractivity contribution < 1.29 is 0 Å². The molecule has 0 rings (SSSR count). The van der Waals surface area contributed by atoms with Gasteiger partial charge in [0, 0.05) is 16.5 Å². The van der Waals surface area contributed by atoms with E-state index in [4.69, 9.17) is 0 Å². The van der Waals surface area contributed by atoms with Crippen LogP contribution in [0.4, 0.5) is 0 Å². The lowest BCUT2D eigenvalue weighted by Crippen LogP contribution is -2.34. The van der Waals surface area contributed by atoms with Crippen LogP contribution in [0.3, 0.4) is 0 Å². The lowest BCUT2D eigenvalue weighted by molar-refractivity contribution is 0.367. The zero-order valence-electron chi connectivity index (χ0n) is 13.5. The van der Waals surface area contributed by atoms with Crippen LogP contribution in [0.15, 0.2) is 0 Å². The molecule has 0 aromatic heterocycles. The van der Waals surface area contributed by atoms with E-state index < -0.39 is 0 Å². The molecule has 0 aromatic rings. The zero-order valence-corrected chi connectivity index (χ0v) is 14.3. The first-order valence-corrected chi connectivity index (χ1v) is 8.78. The van der Waals surface area contributed by atoms with Crippen LogP contribution >= 0.6 is 11.8 Å². The Morgan fingerprint density at radius 1 is 1.11 bits per heavy atom. The smallest absolute Gasteiger partial charge is 0.0160 e. The van der Waals surface area contributed by atoms with E-state index in [1.54, 1.807) is 0 Å². The summed E-state index contributed by atoms with van der Waals surface area (Å²) in [5.74, 6) is 2.16. The Labute approximate surface area is 120 Å². The van der Waals surface area contributed by atoms with Gasteiger partial charge in [-0.3, -0.25) is 0 Å². The molecule has 0 saturated carbocycles. The molecule has 0 fully saturated rings. The molecule has 18 heavy (non-hydrogen) atoms. The normalized spacial score (nSPS) is 15.7. The summed E-state index contributed by atoms with van der Waals surface area (Å²) < 4.78 is 0.388. The molecule has 2 atom stereocenters. The highest BCUT2D eigenvalue weighted by Crippen LogP contribution is 2.26. The van der Waals surface area contributed by atoms with Crippen LogP contribution in [0.25, 0.3) is 0 Å². The van der Waals surface area contributed by atoms with Crippen LogP contribution < -0.4 is 5.32 Å². The highest BCUT2D eigenvalue weighted by Gasteiger charge is 2.18. The van der Waals surface area contributed by atoms with Gasteiger partial charge < -0.3 is 5.32 Å². The van der Waals surface area contributed by atoms with Gasteiger partial charge in [0.15, 0.2) is 0 Å². The first-order valence-electron chi connectivity index (χ1n) is 7.80. The molecule has 0 saturated heterocycles. The standard InChI is InChI=1S/C16H35NS/c1-7-10-11-14(8-2)12-15(17-9-3)13-18-16(4,5)6/h14-15,17H,7-13H2,1-6H3. The molecule has 2 unspecified atom stereocenters. The second kappa shape index (κ2) is 10.1. The highest BCUT2D eigenvalue weighted by molar-refractivity contribution is 8.00. The van der Waals surface area contributed by atoms with Crippen LogP contribution in [0.1, 0.15) is 73.6 Å². The fourth-order valence-electron chi connectivity index (χ4n) is 2.23. The van der Waals surface area contributed by atoms with E-state index in [-0.39, 0.29) is 0 Å². The molecule has 0 spiro atoms. The van der Waals surface area contributed by atoms with Gasteiger partial charge in [0.1, 0.15) is 0 Å². The molecule has 0 aliphatic heterocycles. The summed E-state index contributed by atoms with van der Waals surface area (Å²) in [6, 6.07) is 0.695. The molecule has 1 nitrogen and oxygen atoms in total. The first kappa shape index (κ1) is 18.3. The lowest BCUT2D eigenvalue weighted by atomic mass is 9.92. The summed E-state index contributed by atoms with van der Waals surface area (Å²) in [6.45, 7) is 14.9. The SMILES string of the molecule is CCCCC(CC)CC(CSC(C)(C)C)NCC. The van der Waals surface area contributed by atoms with Gasteiger partial charge in [0.25, 0.3) is 0 Å². The van der Waals surface area contributed by atoms with E-state index in [0.29, 0.717) is 10.8 Å². The summed E-state index contributed by atoms with van der Waals surface area (Å²) in [4.78, 5) is 0. The molecule has 0 heterocycles. The van der Waals surface area contributed by atoms with Gasteiger partial charge in [0.05, 0.1) is 0 Å². The molecule has 1 N–H and O–H groups in total. The Morgan fingerprint density at radius 2 is 1.78 bits per heavy atom. The monoisotopic (exact) mass is 273 g/mol. The second-order valence-corrected chi connectivity index (χ2v) is 8.18. The number of thioether (sulfide) groups is 1. The van der Waals surface area contributed by atoms with Crippen molar-refractivity contribution in [3.63, 3.8) is 0 Å². The highest BCUT2D eigenvalue weighted by atomic mass is 32.2. The Morgan fingerprint density at radius 3 is 2.22 bits per heavy atom. The van der Waals surface area contributed by atoms with Crippen molar-refractivity contribution in [2.45, 2.75) is 84.4 Å². The predicted octanol–water partition coefficient (Wildman–Crippen LogP) is 5.10. The molecule has 0 aliphatic carbocycles. The molecule has 110 valence electrons. The van der Waals surface area contributed by atoms with E-state index in [1.807, 2.05) is 0 Å². The zero-order chi connectivity index (χ0) is 14.0. The number of unbranched alkanes of at least 4 members (excludes halogenated alkanes) is 1. The van der Waals surface area contributed by atoms with Crippen LogP contribution in [0, 0.1) is 5.92 Å². The first-order chi connectivity index (χ1) is 8.42. The number of hydrogen-bond donors (Lipinski definition) is 1. The molecule has 0 bridgehead atoms. The Balaban J connectivity index is 4.13. The van der Waals surface area contributed by atoms with Crippen molar-refractivity contribution in [2.24, 2.45) is 5.92 Å². The van der Waals surface area contributed by atoms with Crippen molar-refractivity contribution in [3.8, 4) is 0 Å². The van der Waals surface area contributed by atoms with E-state index in [0.717, 1.165) is 12.5 Å². The number of rotatable bonds is 10. The summed E-state index contributed by atoms with van der Waals surface area (Å²) in [6.07, 6.45) is 6.83. The second-order valence-electron chi connectivity index (χ2n) is 6.33. The fourth-order valence-corrected chi connectivity index (χ4v) is 3.19. The van der Waals surface area contributed by atoms with Gasteiger partial charge in [-0.15, -0.1) is 0 Å². The minimum Gasteiger partial charge on any atom is -0.313 e. The van der Waals surface area contributed by atoms with Gasteiger partial charge in [-0.05, 0) is 18.9 Å². The maximum absolute atomic E-state index is 3.68. The van der Waals surface area contributed by atoms with Crippen LogP contribution in [-0.4, -0.2) is 23.1 Å². The van der Waals surface area contributed by atoms with Crippen molar-refractivity contribution in [1.82, 2.24) is 5.32 Å². The van der Waals surface area contributed by atoms with E-state index in [1.165, 1.54) is 37.9 Å². The Kier molecular flexibility index (Phi) is 10.3. The molecule has 0 radical (unpaired) electrons. The summed E-state index contributed by atoms with van der Waals surface area (Å²) >= 11 is 2.10. The predicted molar refractivity (Wildman–Crippen MR) is 87.6 cm³/mol. The topological polar surface area (TPSA) is 12.0 Å². The van der Waals surface area contributed by atoms with Crippen LogP contribution in [-0.2, 0) is 0 Å². The summed E-state index contributed by atoms with van der Waals surface area (Å²) in [5, 5.41) is 3.68. The van der Waals surface area contributed by atoms with Crippen LogP contribution in [0.5, 0.6) is 0 Å². The number of hydrogen-bond acceptors (Lipinski definition) is 2. The molecule has 2 heteroatoms. The third-order valence-corrected chi connectivity index (χ3v) is 4.81. The average molecular weight is 274 g/mol. The third-order valence-electron chi connectivity index (χ3n) is 3.37. The fraction of sp³-hybridized carbons (Fsp3) is 1.00. The van der Waals surface area contributed by atoms with Crippen molar-refractivity contribution in [1.29, 1.82) is 0 Å². The minimum absolute atomic E-state index is 0.388. The minimum atomic E-state index is 0.388. The Hall–Kier alpha value is 0.310. The number of nitrogens with one attached hydrogen (secondary N) is 1. The lowest BCUT2D eigenvalue weighted by Gasteiger charge is -2.26. The van der Waals surface area contributed by atoms with Crippen molar-refractivity contribution in [3.05, 3.63) is 0 Å².